The van der Waals surface area contributed by atoms with Crippen LogP contribution in [0.3, 0.4) is 0 Å². The summed E-state index contributed by atoms with van der Waals surface area (Å²) in [5, 5.41) is 7.85. The zero-order chi connectivity index (χ0) is 19.3. The van der Waals surface area contributed by atoms with E-state index in [9.17, 15) is 4.39 Å². The number of halogens is 2. The zero-order valence-corrected chi connectivity index (χ0v) is 18.8. The van der Waals surface area contributed by atoms with Crippen LogP contribution in [0, 0.1) is 5.82 Å². The minimum absolute atomic E-state index is 0. The summed E-state index contributed by atoms with van der Waals surface area (Å²) in [6.45, 7) is 2.74. The number of guanidine groups is 1. The number of nitrogens with one attached hydrogen (secondary N) is 3. The summed E-state index contributed by atoms with van der Waals surface area (Å²) in [7, 11) is 1.79. The van der Waals surface area contributed by atoms with Gasteiger partial charge in [0.25, 0.3) is 0 Å². The highest BCUT2D eigenvalue weighted by atomic mass is 127. The molecule has 1 atom stereocenters. The maximum atomic E-state index is 13.5. The van der Waals surface area contributed by atoms with Crippen molar-refractivity contribution in [3.63, 3.8) is 0 Å². The fourth-order valence-corrected chi connectivity index (χ4v) is 3.81. The second-order valence-corrected chi connectivity index (χ2v) is 7.16. The third-order valence-electron chi connectivity index (χ3n) is 5.29. The highest BCUT2D eigenvalue weighted by Gasteiger charge is 2.23. The standard InChI is InChI=1S/C22H26FN5.HI/c1-24-22(27-18-10-12-28(15-18)19-5-3-2-4-6-19)25-11-9-16-14-26-21-8-7-17(23)13-20(16)21;/h2-8,13-14,18,26H,9-12,15H2,1H3,(H2,24,25,27);1H. The van der Waals surface area contributed by atoms with Crippen LogP contribution in [0.15, 0.2) is 59.7 Å². The fraction of sp³-hybridized carbons (Fsp3) is 0.318. The van der Waals surface area contributed by atoms with Crippen LogP contribution < -0.4 is 15.5 Å². The molecule has 5 nitrogen and oxygen atoms in total. The van der Waals surface area contributed by atoms with Crippen LogP contribution in [0.2, 0.25) is 0 Å². The molecular weight excluding hydrogens is 480 g/mol. The lowest BCUT2D eigenvalue weighted by atomic mass is 10.1. The molecule has 3 N–H and O–H groups in total. The number of fused-ring (bicyclic) bond motifs is 1. The first-order chi connectivity index (χ1) is 13.7. The van der Waals surface area contributed by atoms with Gasteiger partial charge in [0.2, 0.25) is 0 Å². The van der Waals surface area contributed by atoms with Crippen molar-refractivity contribution in [2.24, 2.45) is 4.99 Å². The Balaban J connectivity index is 0.00000240. The lowest BCUT2D eigenvalue weighted by Gasteiger charge is -2.20. The Bertz CT molecular complexity index is 956. The SMILES string of the molecule is CN=C(NCCc1c[nH]c2ccc(F)cc12)NC1CCN(c2ccccc2)C1.I. The molecule has 1 fully saturated rings. The Morgan fingerprint density at radius 1 is 1.24 bits per heavy atom. The molecule has 0 radical (unpaired) electrons. The van der Waals surface area contributed by atoms with Gasteiger partial charge < -0.3 is 20.5 Å². The van der Waals surface area contributed by atoms with Gasteiger partial charge in [0, 0.05) is 55.5 Å². The van der Waals surface area contributed by atoms with Crippen molar-refractivity contribution in [1.29, 1.82) is 0 Å². The van der Waals surface area contributed by atoms with E-state index < -0.39 is 0 Å². The number of benzene rings is 2. The molecule has 7 heteroatoms. The van der Waals surface area contributed by atoms with Gasteiger partial charge >= 0.3 is 0 Å². The van der Waals surface area contributed by atoms with Crippen molar-refractivity contribution in [3.8, 4) is 0 Å². The van der Waals surface area contributed by atoms with Gasteiger partial charge in [-0.15, -0.1) is 24.0 Å². The minimum Gasteiger partial charge on any atom is -0.369 e. The van der Waals surface area contributed by atoms with E-state index in [1.165, 1.54) is 11.8 Å². The van der Waals surface area contributed by atoms with E-state index in [-0.39, 0.29) is 29.8 Å². The topological polar surface area (TPSA) is 55.5 Å². The first-order valence-corrected chi connectivity index (χ1v) is 9.75. The Kier molecular flexibility index (Phi) is 7.35. The smallest absolute Gasteiger partial charge is 0.191 e. The van der Waals surface area contributed by atoms with Gasteiger partial charge in [-0.25, -0.2) is 4.39 Å². The summed E-state index contributed by atoms with van der Waals surface area (Å²) in [6, 6.07) is 15.7. The molecule has 1 unspecified atom stereocenters. The van der Waals surface area contributed by atoms with Gasteiger partial charge in [-0.1, -0.05) is 18.2 Å². The number of aliphatic imine (C=N–C) groups is 1. The summed E-state index contributed by atoms with van der Waals surface area (Å²) in [5.41, 5.74) is 3.33. The van der Waals surface area contributed by atoms with E-state index in [1.807, 2.05) is 12.3 Å². The summed E-state index contributed by atoms with van der Waals surface area (Å²) >= 11 is 0. The van der Waals surface area contributed by atoms with Gasteiger partial charge in [0.1, 0.15) is 5.82 Å². The van der Waals surface area contributed by atoms with Crippen molar-refractivity contribution in [3.05, 3.63) is 66.1 Å². The predicted molar refractivity (Wildman–Crippen MR) is 129 cm³/mol. The molecule has 29 heavy (non-hydrogen) atoms. The van der Waals surface area contributed by atoms with Crippen LogP contribution in [0.4, 0.5) is 10.1 Å². The highest BCUT2D eigenvalue weighted by Crippen LogP contribution is 2.20. The molecule has 0 bridgehead atoms. The number of rotatable bonds is 5. The Morgan fingerprint density at radius 2 is 2.07 bits per heavy atom. The number of hydrogen-bond acceptors (Lipinski definition) is 2. The van der Waals surface area contributed by atoms with Crippen molar-refractivity contribution in [2.75, 3.05) is 31.6 Å². The molecule has 0 amide bonds. The van der Waals surface area contributed by atoms with Gasteiger partial charge in [0.05, 0.1) is 0 Å². The largest absolute Gasteiger partial charge is 0.369 e. The van der Waals surface area contributed by atoms with Crippen LogP contribution >= 0.6 is 24.0 Å². The molecule has 1 saturated heterocycles. The molecule has 1 aromatic heterocycles. The zero-order valence-electron chi connectivity index (χ0n) is 16.5. The number of anilines is 1. The molecule has 0 spiro atoms. The number of para-hydroxylation sites is 1. The first-order valence-electron chi connectivity index (χ1n) is 9.75. The van der Waals surface area contributed by atoms with Crippen LogP contribution in [0.5, 0.6) is 0 Å². The quantitative estimate of drug-likeness (QED) is 0.279. The average molecular weight is 507 g/mol. The molecule has 1 aliphatic heterocycles. The van der Waals surface area contributed by atoms with E-state index in [0.717, 1.165) is 54.9 Å². The predicted octanol–water partition coefficient (Wildman–Crippen LogP) is 3.91. The van der Waals surface area contributed by atoms with Crippen LogP contribution in [0.1, 0.15) is 12.0 Å². The second kappa shape index (κ2) is 9.96. The number of hydrogen-bond donors (Lipinski definition) is 3. The van der Waals surface area contributed by atoms with Crippen LogP contribution in [-0.4, -0.2) is 43.7 Å². The van der Waals surface area contributed by atoms with Gasteiger partial charge in [-0.2, -0.15) is 0 Å². The van der Waals surface area contributed by atoms with Crippen molar-refractivity contribution >= 4 is 46.5 Å². The molecular formula is C22H27FIN5. The van der Waals surface area contributed by atoms with Crippen molar-refractivity contribution < 1.29 is 4.39 Å². The number of nitrogens with zero attached hydrogens (tertiary/aromatic N) is 2. The molecule has 4 rings (SSSR count). The molecule has 3 aromatic rings. The summed E-state index contributed by atoms with van der Waals surface area (Å²) in [6.07, 6.45) is 3.83. The molecule has 2 heterocycles. The fourth-order valence-electron chi connectivity index (χ4n) is 3.81. The van der Waals surface area contributed by atoms with Gasteiger partial charge in [-0.05, 0) is 48.7 Å². The Labute approximate surface area is 187 Å². The average Bonchev–Trinajstić information content (AvgIpc) is 3.35. The van der Waals surface area contributed by atoms with Gasteiger partial charge in [-0.3, -0.25) is 4.99 Å². The molecule has 2 aromatic carbocycles. The maximum Gasteiger partial charge on any atom is 0.191 e. The van der Waals surface area contributed by atoms with Gasteiger partial charge in [0.15, 0.2) is 5.96 Å². The minimum atomic E-state index is -0.206. The van der Waals surface area contributed by atoms with E-state index >= 15 is 0 Å². The Hall–Kier alpha value is -2.29. The van der Waals surface area contributed by atoms with Crippen LogP contribution in [-0.2, 0) is 6.42 Å². The van der Waals surface area contributed by atoms with Crippen LogP contribution in [0.25, 0.3) is 10.9 Å². The number of aromatic amines is 1. The molecule has 1 aliphatic rings. The second-order valence-electron chi connectivity index (χ2n) is 7.16. The molecule has 0 aliphatic carbocycles. The molecule has 0 saturated carbocycles. The number of H-pyrrole nitrogens is 1. The van der Waals surface area contributed by atoms with E-state index in [4.69, 9.17) is 0 Å². The first kappa shape index (κ1) is 21.4. The van der Waals surface area contributed by atoms with Crippen molar-refractivity contribution in [1.82, 2.24) is 15.6 Å². The highest BCUT2D eigenvalue weighted by molar-refractivity contribution is 14.0. The van der Waals surface area contributed by atoms with Crippen molar-refractivity contribution in [2.45, 2.75) is 18.9 Å². The summed E-state index contributed by atoms with van der Waals surface area (Å²) < 4.78 is 13.5. The summed E-state index contributed by atoms with van der Waals surface area (Å²) in [5.74, 6) is 0.605. The van der Waals surface area contributed by atoms with E-state index in [0.29, 0.717) is 6.04 Å². The van der Waals surface area contributed by atoms with E-state index in [2.05, 4.69) is 49.8 Å². The van der Waals surface area contributed by atoms with E-state index in [1.54, 1.807) is 19.2 Å². The lowest BCUT2D eigenvalue weighted by molar-refractivity contribution is 0.629. The summed E-state index contributed by atoms with van der Waals surface area (Å²) in [4.78, 5) is 9.95. The molecule has 154 valence electrons. The third kappa shape index (κ3) is 5.20. The maximum absolute atomic E-state index is 13.5. The monoisotopic (exact) mass is 507 g/mol. The third-order valence-corrected chi connectivity index (χ3v) is 5.29. The Morgan fingerprint density at radius 3 is 2.86 bits per heavy atom. The number of aromatic nitrogens is 1. The lowest BCUT2D eigenvalue weighted by Crippen LogP contribution is -2.45. The normalized spacial score (nSPS) is 16.7.